The van der Waals surface area contributed by atoms with Crippen molar-refractivity contribution in [3.05, 3.63) is 29.3 Å². The number of hydrogen-bond acceptors (Lipinski definition) is 2. The van der Waals surface area contributed by atoms with E-state index in [1.54, 1.807) is 0 Å². The van der Waals surface area contributed by atoms with E-state index in [0.717, 1.165) is 32.0 Å². The molecule has 1 aromatic carbocycles. The minimum atomic E-state index is -4.41. The van der Waals surface area contributed by atoms with Crippen molar-refractivity contribution in [2.75, 3.05) is 18.4 Å². The Labute approximate surface area is 134 Å². The lowest BCUT2D eigenvalue weighted by atomic mass is 9.87. The standard InChI is InChI=1S/C17H23F3N2O/c1-12(2)22-7-5-13(6-8-22)9-14-3-4-15(21-11-23)10-16(14)17(18,19)20/h3-4,10-13H,5-9H2,1-2H3,(H,21,23). The number of alkyl halides is 3. The minimum Gasteiger partial charge on any atom is -0.329 e. The quantitative estimate of drug-likeness (QED) is 0.831. The molecule has 0 aliphatic carbocycles. The Morgan fingerprint density at radius 1 is 1.30 bits per heavy atom. The van der Waals surface area contributed by atoms with E-state index >= 15 is 0 Å². The molecule has 1 fully saturated rings. The molecule has 1 aliphatic heterocycles. The number of hydrogen-bond donors (Lipinski definition) is 1. The monoisotopic (exact) mass is 328 g/mol. The van der Waals surface area contributed by atoms with Crippen LogP contribution in [0.3, 0.4) is 0 Å². The summed E-state index contributed by atoms with van der Waals surface area (Å²) in [6, 6.07) is 4.52. The van der Waals surface area contributed by atoms with Crippen molar-refractivity contribution < 1.29 is 18.0 Å². The molecule has 0 radical (unpaired) electrons. The highest BCUT2D eigenvalue weighted by Crippen LogP contribution is 2.36. The van der Waals surface area contributed by atoms with Gasteiger partial charge in [0.2, 0.25) is 6.41 Å². The Kier molecular flexibility index (Phi) is 5.68. The Bertz CT molecular complexity index is 535. The smallest absolute Gasteiger partial charge is 0.329 e. The predicted octanol–water partition coefficient (Wildman–Crippen LogP) is 3.94. The van der Waals surface area contributed by atoms with Crippen LogP contribution in [0.5, 0.6) is 0 Å². The van der Waals surface area contributed by atoms with Crippen molar-refractivity contribution >= 4 is 12.1 Å². The van der Waals surface area contributed by atoms with E-state index in [1.165, 1.54) is 12.1 Å². The van der Waals surface area contributed by atoms with Crippen LogP contribution in [0.4, 0.5) is 18.9 Å². The summed E-state index contributed by atoms with van der Waals surface area (Å²) in [5.74, 6) is 0.274. The van der Waals surface area contributed by atoms with Crippen molar-refractivity contribution in [3.8, 4) is 0 Å². The number of halogens is 3. The molecule has 1 aliphatic rings. The van der Waals surface area contributed by atoms with Crippen LogP contribution >= 0.6 is 0 Å². The molecule has 0 atom stereocenters. The molecule has 2 rings (SSSR count). The second kappa shape index (κ2) is 7.34. The second-order valence-corrected chi connectivity index (χ2v) is 6.41. The van der Waals surface area contributed by atoms with Gasteiger partial charge in [0.1, 0.15) is 0 Å². The average molecular weight is 328 g/mol. The third-order valence-corrected chi connectivity index (χ3v) is 4.53. The van der Waals surface area contributed by atoms with Gasteiger partial charge < -0.3 is 10.2 Å². The number of likely N-dealkylation sites (tertiary alicyclic amines) is 1. The molecule has 1 saturated heterocycles. The number of carbonyl (C=O) groups excluding carboxylic acids is 1. The lowest BCUT2D eigenvalue weighted by Crippen LogP contribution is -2.38. The fourth-order valence-corrected chi connectivity index (χ4v) is 3.16. The largest absolute Gasteiger partial charge is 0.416 e. The molecule has 1 N–H and O–H groups in total. The summed E-state index contributed by atoms with van der Waals surface area (Å²) >= 11 is 0. The topological polar surface area (TPSA) is 32.3 Å². The molecular formula is C17H23F3N2O. The summed E-state index contributed by atoms with van der Waals surface area (Å²) in [4.78, 5) is 12.8. The van der Waals surface area contributed by atoms with Gasteiger partial charge in [-0.2, -0.15) is 13.2 Å². The number of piperidine rings is 1. The molecule has 0 saturated carbocycles. The summed E-state index contributed by atoms with van der Waals surface area (Å²) in [5, 5.41) is 2.28. The molecule has 1 aromatic rings. The van der Waals surface area contributed by atoms with E-state index in [-0.39, 0.29) is 11.6 Å². The molecule has 0 bridgehead atoms. The fraction of sp³-hybridized carbons (Fsp3) is 0.588. The zero-order chi connectivity index (χ0) is 17.0. The van der Waals surface area contributed by atoms with Crippen molar-refractivity contribution in [1.82, 2.24) is 4.90 Å². The maximum atomic E-state index is 13.3. The van der Waals surface area contributed by atoms with Crippen LogP contribution in [0.25, 0.3) is 0 Å². The first-order chi connectivity index (χ1) is 10.8. The number of benzene rings is 1. The molecule has 6 heteroatoms. The summed E-state index contributed by atoms with van der Waals surface area (Å²) in [7, 11) is 0. The van der Waals surface area contributed by atoms with E-state index < -0.39 is 11.7 Å². The number of rotatable bonds is 5. The van der Waals surface area contributed by atoms with Crippen molar-refractivity contribution in [2.45, 2.75) is 45.3 Å². The highest BCUT2D eigenvalue weighted by Gasteiger charge is 2.34. The first-order valence-electron chi connectivity index (χ1n) is 7.95. The lowest BCUT2D eigenvalue weighted by molar-refractivity contribution is -0.138. The second-order valence-electron chi connectivity index (χ2n) is 6.41. The first kappa shape index (κ1) is 17.8. The van der Waals surface area contributed by atoms with Gasteiger partial charge in [-0.3, -0.25) is 4.79 Å². The zero-order valence-corrected chi connectivity index (χ0v) is 13.5. The molecule has 3 nitrogen and oxygen atoms in total. The number of nitrogens with one attached hydrogen (secondary N) is 1. The van der Waals surface area contributed by atoms with E-state index in [4.69, 9.17) is 0 Å². The van der Waals surface area contributed by atoms with Gasteiger partial charge in [-0.1, -0.05) is 6.07 Å². The SMILES string of the molecule is CC(C)N1CCC(Cc2ccc(NC=O)cc2C(F)(F)F)CC1. The van der Waals surface area contributed by atoms with Crippen molar-refractivity contribution in [3.63, 3.8) is 0 Å². The first-order valence-corrected chi connectivity index (χ1v) is 7.95. The van der Waals surface area contributed by atoms with Crippen LogP contribution in [0.1, 0.15) is 37.8 Å². The maximum Gasteiger partial charge on any atom is 0.416 e. The average Bonchev–Trinajstić information content (AvgIpc) is 2.48. The number of amides is 1. The molecule has 128 valence electrons. The van der Waals surface area contributed by atoms with Crippen LogP contribution < -0.4 is 5.32 Å². The van der Waals surface area contributed by atoms with E-state index in [1.807, 2.05) is 0 Å². The lowest BCUT2D eigenvalue weighted by Gasteiger charge is -2.35. The summed E-state index contributed by atoms with van der Waals surface area (Å²) in [5.41, 5.74) is -0.154. The third kappa shape index (κ3) is 4.70. The molecule has 0 unspecified atom stereocenters. The van der Waals surface area contributed by atoms with E-state index in [9.17, 15) is 18.0 Å². The van der Waals surface area contributed by atoms with Crippen LogP contribution in [0, 0.1) is 5.92 Å². The number of carbonyl (C=O) groups is 1. The highest BCUT2D eigenvalue weighted by molar-refractivity contribution is 5.71. The van der Waals surface area contributed by atoms with Gasteiger partial charge in [0.25, 0.3) is 0 Å². The zero-order valence-electron chi connectivity index (χ0n) is 13.5. The van der Waals surface area contributed by atoms with Gasteiger partial charge >= 0.3 is 6.18 Å². The van der Waals surface area contributed by atoms with Gasteiger partial charge in [0.15, 0.2) is 0 Å². The van der Waals surface area contributed by atoms with Crippen LogP contribution in [-0.2, 0) is 17.4 Å². The van der Waals surface area contributed by atoms with Crippen LogP contribution in [0.15, 0.2) is 18.2 Å². The summed E-state index contributed by atoms with van der Waals surface area (Å²) in [6.45, 7) is 6.16. The number of anilines is 1. The Morgan fingerprint density at radius 3 is 2.48 bits per heavy atom. The minimum absolute atomic E-state index is 0.172. The Morgan fingerprint density at radius 2 is 1.96 bits per heavy atom. The van der Waals surface area contributed by atoms with Gasteiger partial charge in [-0.05, 0) is 69.8 Å². The molecule has 0 aromatic heterocycles. The van der Waals surface area contributed by atoms with E-state index in [2.05, 4.69) is 24.1 Å². The van der Waals surface area contributed by atoms with E-state index in [0.29, 0.717) is 24.4 Å². The van der Waals surface area contributed by atoms with Gasteiger partial charge in [0.05, 0.1) is 5.56 Å². The predicted molar refractivity (Wildman–Crippen MR) is 84.3 cm³/mol. The van der Waals surface area contributed by atoms with Gasteiger partial charge in [-0.15, -0.1) is 0 Å². The van der Waals surface area contributed by atoms with Gasteiger partial charge in [0, 0.05) is 11.7 Å². The Balaban J connectivity index is 2.12. The molecule has 23 heavy (non-hydrogen) atoms. The maximum absolute atomic E-state index is 13.3. The van der Waals surface area contributed by atoms with Crippen molar-refractivity contribution in [1.29, 1.82) is 0 Å². The van der Waals surface area contributed by atoms with Crippen molar-refractivity contribution in [2.24, 2.45) is 5.92 Å². The number of nitrogens with zero attached hydrogens (tertiary/aromatic N) is 1. The fourth-order valence-electron chi connectivity index (χ4n) is 3.16. The normalized spacial score (nSPS) is 17.5. The van der Waals surface area contributed by atoms with Gasteiger partial charge in [-0.25, -0.2) is 0 Å². The summed E-state index contributed by atoms with van der Waals surface area (Å²) < 4.78 is 39.8. The molecule has 0 spiro atoms. The third-order valence-electron chi connectivity index (χ3n) is 4.53. The highest BCUT2D eigenvalue weighted by atomic mass is 19.4. The molecule has 1 heterocycles. The molecule has 1 amide bonds. The van der Waals surface area contributed by atoms with Crippen LogP contribution in [-0.4, -0.2) is 30.4 Å². The summed E-state index contributed by atoms with van der Waals surface area (Å²) in [6.07, 6.45) is -1.75. The molecular weight excluding hydrogens is 305 g/mol. The van der Waals surface area contributed by atoms with Crippen LogP contribution in [0.2, 0.25) is 0 Å². The Hall–Kier alpha value is -1.56.